The van der Waals surface area contributed by atoms with Crippen LogP contribution in [0.15, 0.2) is 12.1 Å². The van der Waals surface area contributed by atoms with Crippen LogP contribution in [-0.4, -0.2) is 29.4 Å². The van der Waals surface area contributed by atoms with Crippen LogP contribution in [0.5, 0.6) is 5.75 Å². The van der Waals surface area contributed by atoms with E-state index in [9.17, 15) is 0 Å². The maximum atomic E-state index is 6.20. The van der Waals surface area contributed by atoms with Crippen molar-refractivity contribution in [2.45, 2.75) is 31.8 Å². The van der Waals surface area contributed by atoms with Crippen molar-refractivity contribution in [2.75, 3.05) is 18.5 Å². The Morgan fingerprint density at radius 1 is 1.39 bits per heavy atom. The van der Waals surface area contributed by atoms with Gasteiger partial charge in [0.15, 0.2) is 0 Å². The molecule has 4 heteroatoms. The van der Waals surface area contributed by atoms with Gasteiger partial charge in [-0.3, -0.25) is 4.90 Å². The molecule has 0 N–H and O–H groups in total. The highest BCUT2D eigenvalue weighted by Crippen LogP contribution is 2.36. The summed E-state index contributed by atoms with van der Waals surface area (Å²) in [5.41, 5.74) is 2.52. The minimum absolute atomic E-state index is 0.763. The molecule has 1 aromatic carbocycles. The normalized spacial score (nSPS) is 17.9. The third-order valence-corrected chi connectivity index (χ3v) is 4.21. The molecule has 2 nitrogen and oxygen atoms in total. The zero-order valence-corrected chi connectivity index (χ0v) is 12.6. The van der Waals surface area contributed by atoms with Crippen molar-refractivity contribution in [1.29, 1.82) is 0 Å². The molecule has 0 bridgehead atoms. The van der Waals surface area contributed by atoms with Crippen molar-refractivity contribution in [1.82, 2.24) is 4.90 Å². The summed E-state index contributed by atoms with van der Waals surface area (Å²) in [6.45, 7) is 2.84. The largest absolute Gasteiger partial charge is 0.493 e. The van der Waals surface area contributed by atoms with E-state index in [1.807, 2.05) is 6.07 Å². The third kappa shape index (κ3) is 2.68. The van der Waals surface area contributed by atoms with Crippen LogP contribution in [0.4, 0.5) is 0 Å². The Kier molecular flexibility index (Phi) is 3.83. The fourth-order valence-electron chi connectivity index (χ4n) is 2.62. The Bertz CT molecular complexity index is 448. The van der Waals surface area contributed by atoms with E-state index in [1.54, 1.807) is 0 Å². The van der Waals surface area contributed by atoms with E-state index in [1.165, 1.54) is 24.0 Å². The number of hydrogen-bond acceptors (Lipinski definition) is 2. The first-order chi connectivity index (χ1) is 8.78. The molecule has 0 atom stereocenters. The van der Waals surface area contributed by atoms with Crippen molar-refractivity contribution in [2.24, 2.45) is 0 Å². The van der Waals surface area contributed by atoms with E-state index < -0.39 is 0 Å². The Morgan fingerprint density at radius 3 is 2.94 bits per heavy atom. The molecule has 2 aliphatic rings. The summed E-state index contributed by atoms with van der Waals surface area (Å²) in [7, 11) is 0. The summed E-state index contributed by atoms with van der Waals surface area (Å²) in [5, 5.41) is 1.86. The molecule has 18 heavy (non-hydrogen) atoms. The standard InChI is InChI=1S/C14H17BrClNO/c15-4-5-17(13-1-2-13)9-11-8-12(16)7-10-3-6-18-14(10)11/h7-8,13H,1-6,9H2. The zero-order valence-electron chi connectivity index (χ0n) is 10.3. The fourth-order valence-corrected chi connectivity index (χ4v) is 3.34. The van der Waals surface area contributed by atoms with Gasteiger partial charge in [0.2, 0.25) is 0 Å². The molecular formula is C14H17BrClNO. The maximum absolute atomic E-state index is 6.20. The van der Waals surface area contributed by atoms with Crippen molar-refractivity contribution in [3.05, 3.63) is 28.3 Å². The number of ether oxygens (including phenoxy) is 1. The summed E-state index contributed by atoms with van der Waals surface area (Å²) in [5.74, 6) is 1.08. The predicted octanol–water partition coefficient (Wildman–Crippen LogP) is 3.63. The molecule has 0 spiro atoms. The number of benzene rings is 1. The first-order valence-corrected chi connectivity index (χ1v) is 8.02. The quantitative estimate of drug-likeness (QED) is 0.764. The van der Waals surface area contributed by atoms with Crippen molar-refractivity contribution in [3.63, 3.8) is 0 Å². The molecule has 98 valence electrons. The van der Waals surface area contributed by atoms with Gasteiger partial charge in [-0.15, -0.1) is 0 Å². The third-order valence-electron chi connectivity index (χ3n) is 3.63. The van der Waals surface area contributed by atoms with Crippen LogP contribution in [0.25, 0.3) is 0 Å². The molecule has 0 aromatic heterocycles. The Labute approximate surface area is 121 Å². The van der Waals surface area contributed by atoms with E-state index in [0.29, 0.717) is 0 Å². The van der Waals surface area contributed by atoms with E-state index in [-0.39, 0.29) is 0 Å². The average molecular weight is 331 g/mol. The molecule has 1 fully saturated rings. The highest BCUT2D eigenvalue weighted by Gasteiger charge is 2.29. The SMILES string of the molecule is Clc1cc2c(c(CN(CCBr)C3CC3)c1)OCC2. The first kappa shape index (κ1) is 12.8. The predicted molar refractivity (Wildman–Crippen MR) is 77.9 cm³/mol. The Morgan fingerprint density at radius 2 is 2.22 bits per heavy atom. The number of hydrogen-bond donors (Lipinski definition) is 0. The second-order valence-electron chi connectivity index (χ2n) is 5.04. The highest BCUT2D eigenvalue weighted by atomic mass is 79.9. The van der Waals surface area contributed by atoms with Crippen LogP contribution in [0.2, 0.25) is 5.02 Å². The summed E-state index contributed by atoms with van der Waals surface area (Å²) >= 11 is 9.74. The van der Waals surface area contributed by atoms with Gasteiger partial charge in [0.05, 0.1) is 6.61 Å². The average Bonchev–Trinajstić information content (AvgIpc) is 3.07. The van der Waals surface area contributed by atoms with E-state index in [0.717, 1.165) is 48.3 Å². The van der Waals surface area contributed by atoms with Crippen LogP contribution in [0.1, 0.15) is 24.0 Å². The molecule has 1 aromatic rings. The molecule has 0 unspecified atom stereocenters. The lowest BCUT2D eigenvalue weighted by Gasteiger charge is -2.22. The van der Waals surface area contributed by atoms with E-state index in [4.69, 9.17) is 16.3 Å². The Hall–Kier alpha value is -0.250. The Balaban J connectivity index is 1.82. The minimum Gasteiger partial charge on any atom is -0.493 e. The molecule has 3 rings (SSSR count). The lowest BCUT2D eigenvalue weighted by molar-refractivity contribution is 0.265. The smallest absolute Gasteiger partial charge is 0.127 e. The lowest BCUT2D eigenvalue weighted by atomic mass is 10.1. The lowest BCUT2D eigenvalue weighted by Crippen LogP contribution is -2.27. The number of halogens is 2. The topological polar surface area (TPSA) is 12.5 Å². The molecule has 1 aliphatic heterocycles. The first-order valence-electron chi connectivity index (χ1n) is 6.52. The molecule has 0 radical (unpaired) electrons. The molecule has 1 saturated carbocycles. The van der Waals surface area contributed by atoms with Gasteiger partial charge in [0, 0.05) is 41.5 Å². The van der Waals surface area contributed by atoms with Gasteiger partial charge in [0.1, 0.15) is 5.75 Å². The number of fused-ring (bicyclic) bond motifs is 1. The van der Waals surface area contributed by atoms with Crippen LogP contribution in [-0.2, 0) is 13.0 Å². The van der Waals surface area contributed by atoms with Gasteiger partial charge in [-0.25, -0.2) is 0 Å². The summed E-state index contributed by atoms with van der Waals surface area (Å²) in [6, 6.07) is 4.87. The van der Waals surface area contributed by atoms with Gasteiger partial charge < -0.3 is 4.74 Å². The van der Waals surface area contributed by atoms with Crippen LogP contribution < -0.4 is 4.74 Å². The number of nitrogens with zero attached hydrogens (tertiary/aromatic N) is 1. The second-order valence-corrected chi connectivity index (χ2v) is 6.27. The summed E-state index contributed by atoms with van der Waals surface area (Å²) < 4.78 is 5.77. The molecule has 0 amide bonds. The van der Waals surface area contributed by atoms with Crippen LogP contribution in [0, 0.1) is 0 Å². The van der Waals surface area contributed by atoms with Crippen molar-refractivity contribution in [3.8, 4) is 5.75 Å². The second kappa shape index (κ2) is 5.40. The van der Waals surface area contributed by atoms with Crippen molar-refractivity contribution < 1.29 is 4.74 Å². The molecule has 1 aliphatic carbocycles. The summed E-state index contributed by atoms with van der Waals surface area (Å²) in [4.78, 5) is 2.53. The number of rotatable bonds is 5. The van der Waals surface area contributed by atoms with Gasteiger partial charge >= 0.3 is 0 Å². The van der Waals surface area contributed by atoms with Crippen LogP contribution >= 0.6 is 27.5 Å². The van der Waals surface area contributed by atoms with E-state index in [2.05, 4.69) is 26.9 Å². The molecule has 1 heterocycles. The number of alkyl halides is 1. The van der Waals surface area contributed by atoms with Gasteiger partial charge in [0.25, 0.3) is 0 Å². The van der Waals surface area contributed by atoms with Gasteiger partial charge in [-0.1, -0.05) is 27.5 Å². The zero-order chi connectivity index (χ0) is 12.5. The minimum atomic E-state index is 0.763. The van der Waals surface area contributed by atoms with Crippen molar-refractivity contribution >= 4 is 27.5 Å². The molecular weight excluding hydrogens is 314 g/mol. The summed E-state index contributed by atoms with van der Waals surface area (Å²) in [6.07, 6.45) is 3.65. The van der Waals surface area contributed by atoms with Gasteiger partial charge in [-0.2, -0.15) is 0 Å². The monoisotopic (exact) mass is 329 g/mol. The maximum Gasteiger partial charge on any atom is 0.127 e. The molecule has 0 saturated heterocycles. The fraction of sp³-hybridized carbons (Fsp3) is 0.571. The van der Waals surface area contributed by atoms with Crippen LogP contribution in [0.3, 0.4) is 0 Å². The highest BCUT2D eigenvalue weighted by molar-refractivity contribution is 9.09. The van der Waals surface area contributed by atoms with Gasteiger partial charge in [-0.05, 0) is 30.5 Å². The van der Waals surface area contributed by atoms with E-state index >= 15 is 0 Å².